The number of hydrogen-bond acceptors (Lipinski definition) is 3. The SMILES string of the molecule is NC(=O)C1(Cc2cccc(-c3ccncc3)c2)CCN(Cc2ccccc2)CC1. The Morgan fingerprint density at radius 1 is 0.897 bits per heavy atom. The van der Waals surface area contributed by atoms with E-state index in [4.69, 9.17) is 5.73 Å². The van der Waals surface area contributed by atoms with Crippen molar-refractivity contribution < 1.29 is 4.79 Å². The second-order valence-electron chi connectivity index (χ2n) is 8.02. The number of likely N-dealkylation sites (tertiary alicyclic amines) is 1. The highest BCUT2D eigenvalue weighted by Gasteiger charge is 2.39. The van der Waals surface area contributed by atoms with Crippen molar-refractivity contribution in [1.29, 1.82) is 0 Å². The van der Waals surface area contributed by atoms with E-state index in [1.54, 1.807) is 12.4 Å². The number of primary amides is 1. The Balaban J connectivity index is 1.47. The van der Waals surface area contributed by atoms with Crippen LogP contribution in [-0.2, 0) is 17.8 Å². The third-order valence-electron chi connectivity index (χ3n) is 6.07. The van der Waals surface area contributed by atoms with Crippen molar-refractivity contribution in [3.63, 3.8) is 0 Å². The Labute approximate surface area is 172 Å². The van der Waals surface area contributed by atoms with Crippen molar-refractivity contribution in [2.75, 3.05) is 13.1 Å². The first kappa shape index (κ1) is 19.3. The van der Waals surface area contributed by atoms with E-state index in [0.717, 1.165) is 49.2 Å². The first-order valence-corrected chi connectivity index (χ1v) is 10.2. The molecule has 4 rings (SSSR count). The van der Waals surface area contributed by atoms with E-state index in [9.17, 15) is 4.79 Å². The van der Waals surface area contributed by atoms with Gasteiger partial charge in [-0.15, -0.1) is 0 Å². The molecule has 3 aromatic rings. The molecule has 1 aromatic heterocycles. The van der Waals surface area contributed by atoms with Crippen molar-refractivity contribution in [1.82, 2.24) is 9.88 Å². The van der Waals surface area contributed by atoms with Gasteiger partial charge in [0.15, 0.2) is 0 Å². The lowest BCUT2D eigenvalue weighted by Gasteiger charge is -2.40. The van der Waals surface area contributed by atoms with Gasteiger partial charge in [0.25, 0.3) is 0 Å². The Morgan fingerprint density at radius 2 is 1.59 bits per heavy atom. The number of aromatic nitrogens is 1. The van der Waals surface area contributed by atoms with Gasteiger partial charge in [-0.2, -0.15) is 0 Å². The molecule has 1 saturated heterocycles. The summed E-state index contributed by atoms with van der Waals surface area (Å²) in [6.07, 6.45) is 5.90. The number of piperidine rings is 1. The van der Waals surface area contributed by atoms with Crippen molar-refractivity contribution in [2.24, 2.45) is 11.1 Å². The maximum Gasteiger partial charge on any atom is 0.224 e. The summed E-state index contributed by atoms with van der Waals surface area (Å²) in [5.74, 6) is -0.175. The molecular weight excluding hydrogens is 358 g/mol. The second kappa shape index (κ2) is 8.58. The zero-order chi connectivity index (χ0) is 20.1. The number of pyridine rings is 1. The van der Waals surface area contributed by atoms with Gasteiger partial charge in [0.05, 0.1) is 5.41 Å². The number of carbonyl (C=O) groups excluding carboxylic acids is 1. The minimum Gasteiger partial charge on any atom is -0.369 e. The maximum absolute atomic E-state index is 12.5. The molecule has 1 aliphatic rings. The number of nitrogens with two attached hydrogens (primary N) is 1. The number of amides is 1. The van der Waals surface area contributed by atoms with E-state index < -0.39 is 5.41 Å². The summed E-state index contributed by atoms with van der Waals surface area (Å²) in [5.41, 5.74) is 10.2. The summed E-state index contributed by atoms with van der Waals surface area (Å²) >= 11 is 0. The third kappa shape index (κ3) is 4.54. The summed E-state index contributed by atoms with van der Waals surface area (Å²) in [6, 6.07) is 22.9. The Hall–Kier alpha value is -2.98. The highest BCUT2D eigenvalue weighted by Crippen LogP contribution is 2.36. The number of hydrogen-bond donors (Lipinski definition) is 1. The van der Waals surface area contributed by atoms with Gasteiger partial charge in [0, 0.05) is 18.9 Å². The van der Waals surface area contributed by atoms with E-state index in [1.807, 2.05) is 18.2 Å². The van der Waals surface area contributed by atoms with Crippen molar-refractivity contribution in [3.8, 4) is 11.1 Å². The predicted molar refractivity (Wildman–Crippen MR) is 116 cm³/mol. The molecule has 148 valence electrons. The minimum atomic E-state index is -0.468. The highest BCUT2D eigenvalue weighted by molar-refractivity contribution is 5.81. The number of carbonyl (C=O) groups is 1. The Kier molecular flexibility index (Phi) is 5.72. The van der Waals surface area contributed by atoms with Crippen LogP contribution in [0.1, 0.15) is 24.0 Å². The van der Waals surface area contributed by atoms with E-state index in [1.165, 1.54) is 5.56 Å². The van der Waals surface area contributed by atoms with Crippen LogP contribution >= 0.6 is 0 Å². The van der Waals surface area contributed by atoms with E-state index in [-0.39, 0.29) is 5.91 Å². The standard InChI is InChI=1S/C25H27N3O/c26-24(29)25(11-15-28(16-12-25)19-20-5-2-1-3-6-20)18-21-7-4-8-23(17-21)22-9-13-27-14-10-22/h1-10,13-14,17H,11-12,15-16,18-19H2,(H2,26,29). The monoisotopic (exact) mass is 385 g/mol. The van der Waals surface area contributed by atoms with Crippen LogP contribution in [0, 0.1) is 5.41 Å². The van der Waals surface area contributed by atoms with Crippen molar-refractivity contribution in [3.05, 3.63) is 90.3 Å². The fourth-order valence-electron chi connectivity index (χ4n) is 4.29. The first-order chi connectivity index (χ1) is 14.1. The molecule has 0 atom stereocenters. The van der Waals surface area contributed by atoms with Crippen LogP contribution in [0.15, 0.2) is 79.1 Å². The molecule has 1 amide bonds. The molecule has 1 fully saturated rings. The van der Waals surface area contributed by atoms with Crippen LogP contribution in [-0.4, -0.2) is 28.9 Å². The summed E-state index contributed by atoms with van der Waals surface area (Å²) in [6.45, 7) is 2.71. The minimum absolute atomic E-state index is 0.175. The van der Waals surface area contributed by atoms with E-state index >= 15 is 0 Å². The molecule has 29 heavy (non-hydrogen) atoms. The Morgan fingerprint density at radius 3 is 2.28 bits per heavy atom. The normalized spacial score (nSPS) is 16.4. The maximum atomic E-state index is 12.5. The number of benzene rings is 2. The molecule has 2 heterocycles. The molecule has 0 radical (unpaired) electrons. The van der Waals surface area contributed by atoms with Gasteiger partial charge in [0.2, 0.25) is 5.91 Å². The lowest BCUT2D eigenvalue weighted by molar-refractivity contribution is -0.130. The molecule has 0 spiro atoms. The number of nitrogens with zero attached hydrogens (tertiary/aromatic N) is 2. The molecule has 0 aliphatic carbocycles. The average molecular weight is 386 g/mol. The zero-order valence-corrected chi connectivity index (χ0v) is 16.6. The molecule has 2 aromatic carbocycles. The molecule has 0 bridgehead atoms. The topological polar surface area (TPSA) is 59.2 Å². The second-order valence-corrected chi connectivity index (χ2v) is 8.02. The summed E-state index contributed by atoms with van der Waals surface area (Å²) in [5, 5.41) is 0. The van der Waals surface area contributed by atoms with E-state index in [0.29, 0.717) is 6.42 Å². The molecule has 0 saturated carbocycles. The summed E-state index contributed by atoms with van der Waals surface area (Å²) < 4.78 is 0. The fourth-order valence-corrected chi connectivity index (χ4v) is 4.29. The summed E-state index contributed by atoms with van der Waals surface area (Å²) in [4.78, 5) is 19.0. The van der Waals surface area contributed by atoms with Gasteiger partial charge in [-0.1, -0.05) is 54.6 Å². The van der Waals surface area contributed by atoms with Crippen LogP contribution in [0.5, 0.6) is 0 Å². The van der Waals surface area contributed by atoms with Gasteiger partial charge in [-0.05, 0) is 66.7 Å². The molecule has 4 heteroatoms. The van der Waals surface area contributed by atoms with Gasteiger partial charge >= 0.3 is 0 Å². The lowest BCUT2D eigenvalue weighted by atomic mass is 9.73. The lowest BCUT2D eigenvalue weighted by Crippen LogP contribution is -2.48. The van der Waals surface area contributed by atoms with Gasteiger partial charge < -0.3 is 5.73 Å². The zero-order valence-electron chi connectivity index (χ0n) is 16.6. The molecule has 1 aliphatic heterocycles. The molecule has 2 N–H and O–H groups in total. The largest absolute Gasteiger partial charge is 0.369 e. The average Bonchev–Trinajstić information content (AvgIpc) is 2.77. The van der Waals surface area contributed by atoms with Crippen LogP contribution in [0.4, 0.5) is 0 Å². The van der Waals surface area contributed by atoms with Crippen molar-refractivity contribution >= 4 is 5.91 Å². The van der Waals surface area contributed by atoms with Gasteiger partial charge in [-0.25, -0.2) is 0 Å². The van der Waals surface area contributed by atoms with Gasteiger partial charge in [0.1, 0.15) is 0 Å². The van der Waals surface area contributed by atoms with Crippen LogP contribution in [0.25, 0.3) is 11.1 Å². The smallest absolute Gasteiger partial charge is 0.224 e. The van der Waals surface area contributed by atoms with Crippen molar-refractivity contribution in [2.45, 2.75) is 25.8 Å². The highest BCUT2D eigenvalue weighted by atomic mass is 16.1. The predicted octanol–water partition coefficient (Wildman–Crippen LogP) is 4.06. The van der Waals surface area contributed by atoms with Crippen LogP contribution in [0.3, 0.4) is 0 Å². The third-order valence-corrected chi connectivity index (χ3v) is 6.07. The first-order valence-electron chi connectivity index (χ1n) is 10.2. The number of rotatable bonds is 6. The van der Waals surface area contributed by atoms with Crippen LogP contribution < -0.4 is 5.73 Å². The van der Waals surface area contributed by atoms with E-state index in [2.05, 4.69) is 58.4 Å². The summed E-state index contributed by atoms with van der Waals surface area (Å²) in [7, 11) is 0. The fraction of sp³-hybridized carbons (Fsp3) is 0.280. The molecular formula is C25H27N3O. The van der Waals surface area contributed by atoms with Gasteiger partial charge in [-0.3, -0.25) is 14.7 Å². The van der Waals surface area contributed by atoms with Crippen LogP contribution in [0.2, 0.25) is 0 Å². The quantitative estimate of drug-likeness (QED) is 0.696. The molecule has 4 nitrogen and oxygen atoms in total. The Bertz CT molecular complexity index is 948. The molecule has 0 unspecified atom stereocenters.